The largest absolute Gasteiger partial charge is 0.481 e. The summed E-state index contributed by atoms with van der Waals surface area (Å²) in [6.45, 7) is 14.3. The molecule has 3 aromatic carbocycles. The minimum atomic E-state index is -0.686. The van der Waals surface area contributed by atoms with Gasteiger partial charge in [-0.25, -0.2) is 0 Å². The second kappa shape index (κ2) is 10.8. The summed E-state index contributed by atoms with van der Waals surface area (Å²) in [5.41, 5.74) is 5.10. The predicted molar refractivity (Wildman–Crippen MR) is 144 cm³/mol. The Kier molecular flexibility index (Phi) is 8.00. The normalized spacial score (nSPS) is 12.2. The topological polar surface area (TPSA) is 67.4 Å². The average Bonchev–Trinajstić information content (AvgIpc) is 2.78. The molecule has 0 spiro atoms. The molecule has 0 aliphatic rings. The maximum absolute atomic E-state index is 12.8. The van der Waals surface area contributed by atoms with Crippen LogP contribution in [0.1, 0.15) is 74.5 Å². The number of rotatable bonds is 7. The Balaban J connectivity index is 1.65. The molecule has 0 radical (unpaired) electrons. The molecule has 0 fully saturated rings. The molecule has 5 heteroatoms. The van der Waals surface area contributed by atoms with Gasteiger partial charge < -0.3 is 15.4 Å². The highest BCUT2D eigenvalue weighted by Gasteiger charge is 2.18. The maximum Gasteiger partial charge on any atom is 0.265 e. The average molecular weight is 473 g/mol. The lowest BCUT2D eigenvalue weighted by Gasteiger charge is -2.19. The van der Waals surface area contributed by atoms with E-state index in [0.717, 1.165) is 16.9 Å². The van der Waals surface area contributed by atoms with Gasteiger partial charge in [0.25, 0.3) is 11.8 Å². The molecule has 0 aromatic heterocycles. The van der Waals surface area contributed by atoms with E-state index < -0.39 is 6.10 Å². The van der Waals surface area contributed by atoms with Crippen molar-refractivity contribution in [2.24, 2.45) is 0 Å². The Hall–Kier alpha value is -3.60. The van der Waals surface area contributed by atoms with Crippen LogP contribution in [0.15, 0.2) is 66.7 Å². The highest BCUT2D eigenvalue weighted by Crippen LogP contribution is 2.28. The molecule has 35 heavy (non-hydrogen) atoms. The Morgan fingerprint density at radius 1 is 0.829 bits per heavy atom. The third kappa shape index (κ3) is 6.95. The Bertz CT molecular complexity index is 1190. The minimum absolute atomic E-state index is 0.0259. The molecule has 0 aliphatic heterocycles. The van der Waals surface area contributed by atoms with E-state index in [1.807, 2.05) is 49.4 Å². The third-order valence-electron chi connectivity index (χ3n) is 5.87. The molecule has 0 bridgehead atoms. The number of carbonyl (C=O) groups excluding carboxylic acids is 2. The number of ether oxygens (including phenoxy) is 1. The molecule has 2 N–H and O–H groups in total. The van der Waals surface area contributed by atoms with E-state index in [1.165, 1.54) is 5.56 Å². The molecular weight excluding hydrogens is 436 g/mol. The third-order valence-corrected chi connectivity index (χ3v) is 5.87. The SMILES string of the molecule is Cc1ccc(C(C)C)c(O[C@H](C)C(=O)Nc2cccc(NC(=O)c3ccc(C(C)(C)C)cc3)c2)c1. The highest BCUT2D eigenvalue weighted by molar-refractivity contribution is 6.04. The van der Waals surface area contributed by atoms with E-state index in [9.17, 15) is 9.59 Å². The van der Waals surface area contributed by atoms with Crippen LogP contribution in [-0.2, 0) is 10.2 Å². The lowest BCUT2D eigenvalue weighted by molar-refractivity contribution is -0.122. The van der Waals surface area contributed by atoms with Crippen LogP contribution in [0.3, 0.4) is 0 Å². The van der Waals surface area contributed by atoms with Crippen molar-refractivity contribution >= 4 is 23.2 Å². The van der Waals surface area contributed by atoms with Crippen LogP contribution < -0.4 is 15.4 Å². The van der Waals surface area contributed by atoms with Crippen LogP contribution in [0.2, 0.25) is 0 Å². The first kappa shape index (κ1) is 26.0. The first-order valence-corrected chi connectivity index (χ1v) is 12.0. The standard InChI is InChI=1S/C30H36N2O3/c1-19(2)26-16-11-20(3)17-27(26)35-21(4)28(33)31-24-9-8-10-25(18-24)32-29(34)22-12-14-23(15-13-22)30(5,6)7/h8-19,21H,1-7H3,(H,31,33)(H,32,34)/t21-/m1/s1. The summed E-state index contributed by atoms with van der Waals surface area (Å²) in [7, 11) is 0. The van der Waals surface area contributed by atoms with Crippen LogP contribution in [-0.4, -0.2) is 17.9 Å². The van der Waals surface area contributed by atoms with Crippen molar-refractivity contribution in [3.05, 3.63) is 89.0 Å². The fourth-order valence-corrected chi connectivity index (χ4v) is 3.71. The van der Waals surface area contributed by atoms with Crippen LogP contribution >= 0.6 is 0 Å². The van der Waals surface area contributed by atoms with Crippen molar-refractivity contribution in [1.82, 2.24) is 0 Å². The van der Waals surface area contributed by atoms with Crippen molar-refractivity contribution in [2.45, 2.75) is 65.9 Å². The first-order valence-electron chi connectivity index (χ1n) is 12.0. The molecule has 0 heterocycles. The predicted octanol–water partition coefficient (Wildman–Crippen LogP) is 7.07. The zero-order chi connectivity index (χ0) is 25.8. The van der Waals surface area contributed by atoms with Gasteiger partial charge in [-0.1, -0.05) is 65.0 Å². The van der Waals surface area contributed by atoms with E-state index >= 15 is 0 Å². The minimum Gasteiger partial charge on any atom is -0.481 e. The highest BCUT2D eigenvalue weighted by atomic mass is 16.5. The summed E-state index contributed by atoms with van der Waals surface area (Å²) in [5, 5.41) is 5.79. The van der Waals surface area contributed by atoms with E-state index in [1.54, 1.807) is 31.2 Å². The van der Waals surface area contributed by atoms with Crippen molar-refractivity contribution < 1.29 is 14.3 Å². The lowest BCUT2D eigenvalue weighted by Crippen LogP contribution is -2.30. The fourth-order valence-electron chi connectivity index (χ4n) is 3.71. The zero-order valence-electron chi connectivity index (χ0n) is 21.7. The van der Waals surface area contributed by atoms with Gasteiger partial charge >= 0.3 is 0 Å². The smallest absolute Gasteiger partial charge is 0.265 e. The number of carbonyl (C=O) groups is 2. The molecule has 2 amide bonds. The molecular formula is C30H36N2O3. The van der Waals surface area contributed by atoms with Crippen molar-refractivity contribution in [2.75, 3.05) is 10.6 Å². The van der Waals surface area contributed by atoms with Gasteiger partial charge in [0.1, 0.15) is 5.75 Å². The molecule has 0 aliphatic carbocycles. The maximum atomic E-state index is 12.8. The second-order valence-corrected chi connectivity index (χ2v) is 10.3. The van der Waals surface area contributed by atoms with Crippen molar-refractivity contribution in [3.8, 4) is 5.75 Å². The monoisotopic (exact) mass is 472 g/mol. The number of hydrogen-bond acceptors (Lipinski definition) is 3. The number of benzene rings is 3. The van der Waals surface area contributed by atoms with Crippen molar-refractivity contribution in [3.63, 3.8) is 0 Å². The first-order chi connectivity index (χ1) is 16.4. The van der Waals surface area contributed by atoms with Crippen LogP contribution in [0.4, 0.5) is 11.4 Å². The number of nitrogens with one attached hydrogen (secondary N) is 2. The van der Waals surface area contributed by atoms with Gasteiger partial charge in [0.15, 0.2) is 6.10 Å². The molecule has 0 unspecified atom stereocenters. The lowest BCUT2D eigenvalue weighted by atomic mass is 9.87. The number of aryl methyl sites for hydroxylation is 1. The summed E-state index contributed by atoms with van der Waals surface area (Å²) >= 11 is 0. The number of anilines is 2. The van der Waals surface area contributed by atoms with Gasteiger partial charge in [-0.3, -0.25) is 9.59 Å². The van der Waals surface area contributed by atoms with Crippen LogP contribution in [0.25, 0.3) is 0 Å². The molecule has 3 aromatic rings. The quantitative estimate of drug-likeness (QED) is 0.386. The fraction of sp³-hybridized carbons (Fsp3) is 0.333. The van der Waals surface area contributed by atoms with Gasteiger partial charge in [-0.15, -0.1) is 0 Å². The summed E-state index contributed by atoms with van der Waals surface area (Å²) in [5.74, 6) is 0.542. The molecule has 0 saturated heterocycles. The van der Waals surface area contributed by atoms with Crippen LogP contribution in [0, 0.1) is 6.92 Å². The Morgan fingerprint density at radius 2 is 1.46 bits per heavy atom. The van der Waals surface area contributed by atoms with E-state index in [2.05, 4.69) is 45.3 Å². The molecule has 3 rings (SSSR count). The van der Waals surface area contributed by atoms with E-state index in [-0.39, 0.29) is 23.1 Å². The summed E-state index contributed by atoms with van der Waals surface area (Å²) in [4.78, 5) is 25.5. The van der Waals surface area contributed by atoms with Gasteiger partial charge in [-0.05, 0) is 78.3 Å². The number of amides is 2. The van der Waals surface area contributed by atoms with Gasteiger partial charge in [0.05, 0.1) is 0 Å². The second-order valence-electron chi connectivity index (χ2n) is 10.3. The van der Waals surface area contributed by atoms with E-state index in [0.29, 0.717) is 16.9 Å². The summed E-state index contributed by atoms with van der Waals surface area (Å²) < 4.78 is 6.03. The van der Waals surface area contributed by atoms with Crippen molar-refractivity contribution in [1.29, 1.82) is 0 Å². The Morgan fingerprint density at radius 3 is 2.06 bits per heavy atom. The van der Waals surface area contributed by atoms with Crippen LogP contribution in [0.5, 0.6) is 5.75 Å². The van der Waals surface area contributed by atoms with Gasteiger partial charge in [-0.2, -0.15) is 0 Å². The summed E-state index contributed by atoms with van der Waals surface area (Å²) in [6.07, 6.45) is -0.686. The molecule has 5 nitrogen and oxygen atoms in total. The summed E-state index contributed by atoms with van der Waals surface area (Å²) in [6, 6.07) is 20.8. The van der Waals surface area contributed by atoms with E-state index in [4.69, 9.17) is 4.74 Å². The Labute approximate surface area is 208 Å². The van der Waals surface area contributed by atoms with Gasteiger partial charge in [0.2, 0.25) is 0 Å². The van der Waals surface area contributed by atoms with Gasteiger partial charge in [0, 0.05) is 16.9 Å². The number of hydrogen-bond donors (Lipinski definition) is 2. The molecule has 0 saturated carbocycles. The zero-order valence-corrected chi connectivity index (χ0v) is 21.7. The molecule has 1 atom stereocenters. The molecule has 184 valence electrons.